The van der Waals surface area contributed by atoms with Crippen LogP contribution < -0.4 is 10.9 Å². The van der Waals surface area contributed by atoms with Gasteiger partial charge in [0, 0.05) is 11.4 Å². The molecule has 2 heterocycles. The van der Waals surface area contributed by atoms with Gasteiger partial charge in [-0.2, -0.15) is 0 Å². The first-order valence-corrected chi connectivity index (χ1v) is 11.8. The normalized spacial score (nSPS) is 16.0. The number of rotatable bonds is 5. The standard InChI is InChI=1S/C22H25N3O2S2/c1-4-25-21(27)19-13(2)14(3)29-20(19)24-22(25)28-12-18(26)23-17-11-7-9-15-8-5-6-10-16(15)17/h5-6,8,10,17H,4,7,9,11-12H2,1-3H3,(H,23,26)/t17-/m1/s1. The fourth-order valence-electron chi connectivity index (χ4n) is 3.97. The first-order valence-electron chi connectivity index (χ1n) is 10.00. The molecule has 1 aliphatic carbocycles. The van der Waals surface area contributed by atoms with Gasteiger partial charge in [-0.3, -0.25) is 14.2 Å². The van der Waals surface area contributed by atoms with E-state index in [1.165, 1.54) is 22.9 Å². The third-order valence-corrected chi connectivity index (χ3v) is 7.68. The van der Waals surface area contributed by atoms with Gasteiger partial charge in [-0.25, -0.2) is 4.98 Å². The van der Waals surface area contributed by atoms with E-state index >= 15 is 0 Å². The number of aromatic nitrogens is 2. The molecule has 2 aromatic heterocycles. The summed E-state index contributed by atoms with van der Waals surface area (Å²) in [6.45, 7) is 6.46. The van der Waals surface area contributed by atoms with Crippen molar-refractivity contribution in [2.75, 3.05) is 5.75 Å². The summed E-state index contributed by atoms with van der Waals surface area (Å²) in [5.74, 6) is 0.229. The molecule has 5 nitrogen and oxygen atoms in total. The van der Waals surface area contributed by atoms with Crippen LogP contribution in [0.1, 0.15) is 47.4 Å². The second kappa shape index (κ2) is 8.32. The fourth-order valence-corrected chi connectivity index (χ4v) is 5.91. The van der Waals surface area contributed by atoms with E-state index < -0.39 is 0 Å². The van der Waals surface area contributed by atoms with Gasteiger partial charge >= 0.3 is 0 Å². The average Bonchev–Trinajstić information content (AvgIpc) is 3.00. The van der Waals surface area contributed by atoms with Crippen LogP contribution in [0.2, 0.25) is 0 Å². The summed E-state index contributed by atoms with van der Waals surface area (Å²) in [6.07, 6.45) is 3.12. The van der Waals surface area contributed by atoms with E-state index in [-0.39, 0.29) is 23.3 Å². The molecule has 0 saturated heterocycles. The van der Waals surface area contributed by atoms with Crippen molar-refractivity contribution in [3.8, 4) is 0 Å². The maximum atomic E-state index is 12.9. The molecule has 1 amide bonds. The number of aryl methyl sites for hydroxylation is 3. The van der Waals surface area contributed by atoms with E-state index in [2.05, 4.69) is 23.5 Å². The lowest BCUT2D eigenvalue weighted by Crippen LogP contribution is -2.32. The van der Waals surface area contributed by atoms with Crippen LogP contribution in [0.3, 0.4) is 0 Å². The molecule has 1 aliphatic rings. The van der Waals surface area contributed by atoms with Gasteiger partial charge in [0.1, 0.15) is 4.83 Å². The molecule has 152 valence electrons. The Kier molecular flexibility index (Phi) is 5.79. The summed E-state index contributed by atoms with van der Waals surface area (Å²) >= 11 is 2.88. The maximum Gasteiger partial charge on any atom is 0.263 e. The van der Waals surface area contributed by atoms with Crippen LogP contribution in [0.4, 0.5) is 0 Å². The van der Waals surface area contributed by atoms with Crippen LogP contribution in [-0.2, 0) is 17.8 Å². The van der Waals surface area contributed by atoms with Crippen LogP contribution in [0.15, 0.2) is 34.2 Å². The van der Waals surface area contributed by atoms with Crippen molar-refractivity contribution < 1.29 is 4.79 Å². The highest BCUT2D eigenvalue weighted by Crippen LogP contribution is 2.30. The van der Waals surface area contributed by atoms with Gasteiger partial charge in [-0.1, -0.05) is 36.0 Å². The Labute approximate surface area is 178 Å². The van der Waals surface area contributed by atoms with Crippen molar-refractivity contribution in [2.24, 2.45) is 0 Å². The molecule has 0 spiro atoms. The Bertz CT molecular complexity index is 1130. The molecular weight excluding hydrogens is 402 g/mol. The van der Waals surface area contributed by atoms with Crippen molar-refractivity contribution >= 4 is 39.2 Å². The lowest BCUT2D eigenvalue weighted by Gasteiger charge is -2.26. The molecule has 0 unspecified atom stereocenters. The fraction of sp³-hybridized carbons (Fsp3) is 0.409. The number of hydrogen-bond donors (Lipinski definition) is 1. The highest BCUT2D eigenvalue weighted by atomic mass is 32.2. The molecule has 7 heteroatoms. The van der Waals surface area contributed by atoms with E-state index in [1.807, 2.05) is 26.8 Å². The number of fused-ring (bicyclic) bond motifs is 2. The van der Waals surface area contributed by atoms with Crippen LogP contribution >= 0.6 is 23.1 Å². The average molecular weight is 428 g/mol. The topological polar surface area (TPSA) is 64.0 Å². The van der Waals surface area contributed by atoms with Crippen LogP contribution in [-0.4, -0.2) is 21.2 Å². The summed E-state index contributed by atoms with van der Waals surface area (Å²) in [5, 5.41) is 4.50. The minimum atomic E-state index is -0.0211. The largest absolute Gasteiger partial charge is 0.349 e. The number of thioether (sulfide) groups is 1. The Balaban J connectivity index is 1.51. The highest BCUT2D eigenvalue weighted by Gasteiger charge is 2.22. The lowest BCUT2D eigenvalue weighted by molar-refractivity contribution is -0.119. The molecule has 1 aromatic carbocycles. The summed E-state index contributed by atoms with van der Waals surface area (Å²) in [7, 11) is 0. The smallest absolute Gasteiger partial charge is 0.263 e. The maximum absolute atomic E-state index is 12.9. The third kappa shape index (κ3) is 3.85. The van der Waals surface area contributed by atoms with Crippen molar-refractivity contribution in [1.82, 2.24) is 14.9 Å². The molecule has 4 rings (SSSR count). The van der Waals surface area contributed by atoms with Crippen LogP contribution in [0.5, 0.6) is 0 Å². The van der Waals surface area contributed by atoms with E-state index in [0.717, 1.165) is 34.5 Å². The van der Waals surface area contributed by atoms with Crippen molar-refractivity contribution in [1.29, 1.82) is 0 Å². The molecular formula is C22H25N3O2S2. The quantitative estimate of drug-likeness (QED) is 0.485. The van der Waals surface area contributed by atoms with Gasteiger partial charge in [0.15, 0.2) is 5.16 Å². The van der Waals surface area contributed by atoms with E-state index in [9.17, 15) is 9.59 Å². The number of nitrogens with one attached hydrogen (secondary N) is 1. The number of carbonyl (C=O) groups is 1. The Morgan fingerprint density at radius 1 is 1.34 bits per heavy atom. The molecule has 3 aromatic rings. The monoisotopic (exact) mass is 427 g/mol. The molecule has 0 radical (unpaired) electrons. The third-order valence-electron chi connectivity index (χ3n) is 5.61. The molecule has 0 fully saturated rings. The zero-order valence-electron chi connectivity index (χ0n) is 16.9. The Morgan fingerprint density at radius 2 is 2.14 bits per heavy atom. The summed E-state index contributed by atoms with van der Waals surface area (Å²) in [5.41, 5.74) is 3.55. The highest BCUT2D eigenvalue weighted by molar-refractivity contribution is 7.99. The lowest BCUT2D eigenvalue weighted by atomic mass is 9.88. The predicted molar refractivity (Wildman–Crippen MR) is 120 cm³/mol. The van der Waals surface area contributed by atoms with Gasteiger partial charge in [-0.15, -0.1) is 11.3 Å². The van der Waals surface area contributed by atoms with E-state index in [4.69, 9.17) is 4.98 Å². The summed E-state index contributed by atoms with van der Waals surface area (Å²) in [4.78, 5) is 32.2. The Hall–Kier alpha value is -2.12. The summed E-state index contributed by atoms with van der Waals surface area (Å²) < 4.78 is 1.68. The van der Waals surface area contributed by atoms with Gasteiger partial charge in [0.2, 0.25) is 5.91 Å². The Morgan fingerprint density at radius 3 is 2.93 bits per heavy atom. The summed E-state index contributed by atoms with van der Waals surface area (Å²) in [6, 6.07) is 8.41. The van der Waals surface area contributed by atoms with Gasteiger partial charge in [0.05, 0.1) is 17.2 Å². The molecule has 0 saturated carbocycles. The predicted octanol–water partition coefficient (Wildman–Crippen LogP) is 4.38. The van der Waals surface area contributed by atoms with Crippen molar-refractivity contribution in [2.45, 2.75) is 57.8 Å². The van der Waals surface area contributed by atoms with Crippen molar-refractivity contribution in [3.05, 3.63) is 56.2 Å². The molecule has 0 aliphatic heterocycles. The molecule has 0 bridgehead atoms. The molecule has 1 N–H and O–H groups in total. The second-order valence-corrected chi connectivity index (χ2v) is 9.55. The number of nitrogens with zero attached hydrogens (tertiary/aromatic N) is 2. The van der Waals surface area contributed by atoms with Gasteiger partial charge in [0.25, 0.3) is 5.56 Å². The number of thiophene rings is 1. The van der Waals surface area contributed by atoms with Crippen LogP contribution in [0, 0.1) is 13.8 Å². The van der Waals surface area contributed by atoms with Crippen LogP contribution in [0.25, 0.3) is 10.2 Å². The molecule has 29 heavy (non-hydrogen) atoms. The number of hydrogen-bond acceptors (Lipinski definition) is 5. The number of amides is 1. The first kappa shape index (κ1) is 20.2. The van der Waals surface area contributed by atoms with E-state index in [1.54, 1.807) is 15.9 Å². The zero-order valence-corrected chi connectivity index (χ0v) is 18.6. The van der Waals surface area contributed by atoms with E-state index in [0.29, 0.717) is 17.1 Å². The minimum Gasteiger partial charge on any atom is -0.349 e. The van der Waals surface area contributed by atoms with Crippen molar-refractivity contribution in [3.63, 3.8) is 0 Å². The number of carbonyl (C=O) groups excluding carboxylic acids is 1. The zero-order chi connectivity index (χ0) is 20.5. The van der Waals surface area contributed by atoms with Gasteiger partial charge in [-0.05, 0) is 56.7 Å². The van der Waals surface area contributed by atoms with Gasteiger partial charge < -0.3 is 5.32 Å². The molecule has 1 atom stereocenters. The second-order valence-electron chi connectivity index (χ2n) is 7.41. The first-order chi connectivity index (χ1) is 14.0. The SMILES string of the molecule is CCn1c(SCC(=O)N[C@@H]2CCCc3ccccc32)nc2sc(C)c(C)c2c1=O. The minimum absolute atomic E-state index is 0.0107. The number of benzene rings is 1.